The predicted octanol–water partition coefficient (Wildman–Crippen LogP) is 2.89. The highest BCUT2D eigenvalue weighted by molar-refractivity contribution is 4.91. The molecule has 0 spiro atoms. The number of nitrogens with zero attached hydrogens (tertiary/aromatic N) is 1. The average Bonchev–Trinajstić information content (AvgIpc) is 2.78. The number of nitrogens with one attached hydrogen (secondary N) is 1. The van der Waals surface area contributed by atoms with E-state index in [0.29, 0.717) is 0 Å². The molecule has 100 valence electrons. The van der Waals surface area contributed by atoms with Crippen molar-refractivity contribution < 1.29 is 0 Å². The van der Waals surface area contributed by atoms with E-state index in [9.17, 15) is 0 Å². The van der Waals surface area contributed by atoms with E-state index in [1.54, 1.807) is 0 Å². The Balaban J connectivity index is 1.91. The first-order chi connectivity index (χ1) is 8.22. The molecular formula is C15H30N2. The zero-order valence-electron chi connectivity index (χ0n) is 11.9. The number of likely N-dealkylation sites (N-methyl/N-ethyl adjacent to an activating group) is 1. The Morgan fingerprint density at radius 3 is 2.65 bits per heavy atom. The fourth-order valence-corrected chi connectivity index (χ4v) is 3.91. The van der Waals surface area contributed by atoms with Crippen LogP contribution >= 0.6 is 0 Å². The molecule has 1 N–H and O–H groups in total. The molecule has 2 nitrogen and oxygen atoms in total. The van der Waals surface area contributed by atoms with Crippen molar-refractivity contribution in [1.82, 2.24) is 10.2 Å². The predicted molar refractivity (Wildman–Crippen MR) is 74.2 cm³/mol. The fraction of sp³-hybridized carbons (Fsp3) is 1.00. The third-order valence-corrected chi connectivity index (χ3v) is 4.82. The molecule has 2 heteroatoms. The maximum Gasteiger partial charge on any atom is 0.0207 e. The average molecular weight is 238 g/mol. The molecule has 1 saturated carbocycles. The molecule has 3 unspecified atom stereocenters. The van der Waals surface area contributed by atoms with Gasteiger partial charge in [0.15, 0.2) is 0 Å². The second kappa shape index (κ2) is 6.19. The third-order valence-electron chi connectivity index (χ3n) is 4.82. The summed E-state index contributed by atoms with van der Waals surface area (Å²) in [5.41, 5.74) is 0. The van der Waals surface area contributed by atoms with E-state index in [-0.39, 0.29) is 0 Å². The molecule has 0 aromatic rings. The topological polar surface area (TPSA) is 15.3 Å². The van der Waals surface area contributed by atoms with Crippen molar-refractivity contribution in [2.45, 2.75) is 65.0 Å². The first-order valence-electron chi connectivity index (χ1n) is 7.69. The molecule has 0 aromatic heterocycles. The molecular weight excluding hydrogens is 208 g/mol. The Hall–Kier alpha value is -0.0800. The van der Waals surface area contributed by atoms with Crippen molar-refractivity contribution in [2.24, 2.45) is 11.8 Å². The summed E-state index contributed by atoms with van der Waals surface area (Å²) in [5, 5.41) is 3.62. The molecule has 2 rings (SSSR count). The third kappa shape index (κ3) is 3.23. The number of likely N-dealkylation sites (tertiary alicyclic amines) is 1. The van der Waals surface area contributed by atoms with Crippen LogP contribution in [0.2, 0.25) is 0 Å². The van der Waals surface area contributed by atoms with Crippen molar-refractivity contribution in [3.8, 4) is 0 Å². The van der Waals surface area contributed by atoms with Gasteiger partial charge in [-0.1, -0.05) is 33.6 Å². The summed E-state index contributed by atoms with van der Waals surface area (Å²) in [6.07, 6.45) is 7.18. The van der Waals surface area contributed by atoms with Gasteiger partial charge in [0.2, 0.25) is 0 Å². The monoisotopic (exact) mass is 238 g/mol. The van der Waals surface area contributed by atoms with Gasteiger partial charge in [-0.3, -0.25) is 4.90 Å². The first-order valence-corrected chi connectivity index (χ1v) is 7.69. The summed E-state index contributed by atoms with van der Waals surface area (Å²) in [7, 11) is 0. The van der Waals surface area contributed by atoms with E-state index in [2.05, 4.69) is 31.0 Å². The van der Waals surface area contributed by atoms with Crippen LogP contribution in [0, 0.1) is 11.8 Å². The molecule has 0 amide bonds. The van der Waals surface area contributed by atoms with E-state index in [4.69, 9.17) is 0 Å². The lowest BCUT2D eigenvalue weighted by molar-refractivity contribution is 0.0969. The normalized spacial score (nSPS) is 35.6. The van der Waals surface area contributed by atoms with Crippen molar-refractivity contribution in [3.63, 3.8) is 0 Å². The standard InChI is InChI=1S/C15H30N2/c1-4-16-13-9-10-17(11-13)15-8-6-5-7-14(15)12(2)3/h12-16H,4-11H2,1-3H3. The Labute approximate surface area is 107 Å². The highest BCUT2D eigenvalue weighted by atomic mass is 15.2. The quantitative estimate of drug-likeness (QED) is 0.810. The molecule has 17 heavy (non-hydrogen) atoms. The number of hydrogen-bond acceptors (Lipinski definition) is 2. The minimum atomic E-state index is 0.759. The van der Waals surface area contributed by atoms with Gasteiger partial charge in [-0.25, -0.2) is 0 Å². The summed E-state index contributed by atoms with van der Waals surface area (Å²) in [6.45, 7) is 10.8. The van der Waals surface area contributed by atoms with Gasteiger partial charge < -0.3 is 5.32 Å². The number of hydrogen-bond donors (Lipinski definition) is 1. The Bertz CT molecular complexity index is 227. The smallest absolute Gasteiger partial charge is 0.0207 e. The van der Waals surface area contributed by atoms with Crippen LogP contribution in [-0.4, -0.2) is 36.6 Å². The number of rotatable bonds is 4. The maximum atomic E-state index is 3.62. The van der Waals surface area contributed by atoms with Gasteiger partial charge in [0.05, 0.1) is 0 Å². The van der Waals surface area contributed by atoms with Gasteiger partial charge >= 0.3 is 0 Å². The SMILES string of the molecule is CCNC1CCN(C2CCCCC2C(C)C)C1. The van der Waals surface area contributed by atoms with E-state index in [0.717, 1.165) is 30.5 Å². The molecule has 1 heterocycles. The van der Waals surface area contributed by atoms with Crippen LogP contribution in [0.3, 0.4) is 0 Å². The first kappa shape index (κ1) is 13.4. The van der Waals surface area contributed by atoms with Crippen LogP contribution in [0.1, 0.15) is 52.9 Å². The zero-order chi connectivity index (χ0) is 12.3. The van der Waals surface area contributed by atoms with Gasteiger partial charge in [-0.05, 0) is 37.6 Å². The van der Waals surface area contributed by atoms with Gasteiger partial charge in [0.1, 0.15) is 0 Å². The van der Waals surface area contributed by atoms with Gasteiger partial charge in [0, 0.05) is 25.2 Å². The van der Waals surface area contributed by atoms with E-state index < -0.39 is 0 Å². The lowest BCUT2D eigenvalue weighted by Gasteiger charge is -2.40. The largest absolute Gasteiger partial charge is 0.313 e. The van der Waals surface area contributed by atoms with Crippen LogP contribution in [0.5, 0.6) is 0 Å². The molecule has 0 bridgehead atoms. The summed E-state index contributed by atoms with van der Waals surface area (Å²) in [6, 6.07) is 1.64. The van der Waals surface area contributed by atoms with Crippen molar-refractivity contribution in [3.05, 3.63) is 0 Å². The van der Waals surface area contributed by atoms with Crippen LogP contribution in [0.4, 0.5) is 0 Å². The van der Waals surface area contributed by atoms with Gasteiger partial charge in [-0.15, -0.1) is 0 Å². The molecule has 2 aliphatic rings. The highest BCUT2D eigenvalue weighted by Crippen LogP contribution is 2.34. The van der Waals surface area contributed by atoms with Crippen molar-refractivity contribution in [2.75, 3.05) is 19.6 Å². The summed E-state index contributed by atoms with van der Waals surface area (Å²) >= 11 is 0. The summed E-state index contributed by atoms with van der Waals surface area (Å²) in [5.74, 6) is 1.81. The minimum Gasteiger partial charge on any atom is -0.313 e. The molecule has 2 fully saturated rings. The second-order valence-electron chi connectivity index (χ2n) is 6.30. The molecule has 1 saturated heterocycles. The Kier molecular flexibility index (Phi) is 4.87. The Morgan fingerprint density at radius 1 is 1.18 bits per heavy atom. The minimum absolute atomic E-state index is 0.759. The van der Waals surface area contributed by atoms with Crippen LogP contribution in [0.25, 0.3) is 0 Å². The highest BCUT2D eigenvalue weighted by Gasteiger charge is 2.35. The molecule has 1 aliphatic heterocycles. The molecule has 3 atom stereocenters. The Morgan fingerprint density at radius 2 is 1.94 bits per heavy atom. The zero-order valence-corrected chi connectivity index (χ0v) is 11.9. The lowest BCUT2D eigenvalue weighted by atomic mass is 9.77. The van der Waals surface area contributed by atoms with Crippen molar-refractivity contribution in [1.29, 1.82) is 0 Å². The summed E-state index contributed by atoms with van der Waals surface area (Å²) in [4.78, 5) is 2.79. The van der Waals surface area contributed by atoms with Gasteiger partial charge in [-0.2, -0.15) is 0 Å². The van der Waals surface area contributed by atoms with Crippen LogP contribution < -0.4 is 5.32 Å². The fourth-order valence-electron chi connectivity index (χ4n) is 3.91. The molecule has 1 aliphatic carbocycles. The van der Waals surface area contributed by atoms with E-state index >= 15 is 0 Å². The summed E-state index contributed by atoms with van der Waals surface area (Å²) < 4.78 is 0. The van der Waals surface area contributed by atoms with E-state index in [1.165, 1.54) is 45.2 Å². The lowest BCUT2D eigenvalue weighted by Crippen LogP contribution is -2.44. The second-order valence-corrected chi connectivity index (χ2v) is 6.30. The molecule has 0 aromatic carbocycles. The van der Waals surface area contributed by atoms with Gasteiger partial charge in [0.25, 0.3) is 0 Å². The molecule has 0 radical (unpaired) electrons. The van der Waals surface area contributed by atoms with Crippen LogP contribution in [0.15, 0.2) is 0 Å². The van der Waals surface area contributed by atoms with E-state index in [1.807, 2.05) is 0 Å². The maximum absolute atomic E-state index is 3.62. The van der Waals surface area contributed by atoms with Crippen LogP contribution in [-0.2, 0) is 0 Å². The van der Waals surface area contributed by atoms with Crippen molar-refractivity contribution >= 4 is 0 Å².